The van der Waals surface area contributed by atoms with Gasteiger partial charge in [-0.05, 0) is 17.2 Å². The van der Waals surface area contributed by atoms with E-state index < -0.39 is 5.91 Å². The largest absolute Gasteiger partial charge is 0.366 e. The summed E-state index contributed by atoms with van der Waals surface area (Å²) in [5.41, 5.74) is 7.45. The van der Waals surface area contributed by atoms with Gasteiger partial charge in [-0.3, -0.25) is 4.79 Å². The first-order valence-corrected chi connectivity index (χ1v) is 5.88. The van der Waals surface area contributed by atoms with Crippen molar-refractivity contribution in [1.29, 1.82) is 0 Å². The molecule has 0 bridgehead atoms. The molecular formula is C15H12ClNO. The Kier molecular flexibility index (Phi) is 3.80. The highest BCUT2D eigenvalue weighted by Gasteiger charge is 2.09. The highest BCUT2D eigenvalue weighted by molar-refractivity contribution is 6.34. The molecule has 0 aliphatic rings. The second kappa shape index (κ2) is 5.52. The van der Waals surface area contributed by atoms with Crippen LogP contribution >= 0.6 is 11.6 Å². The molecule has 0 fully saturated rings. The molecule has 0 unspecified atom stereocenters. The van der Waals surface area contributed by atoms with Gasteiger partial charge in [0.15, 0.2) is 0 Å². The maximum Gasteiger partial charge on any atom is 0.250 e. The first-order chi connectivity index (χ1) is 8.68. The van der Waals surface area contributed by atoms with Crippen molar-refractivity contribution in [3.63, 3.8) is 0 Å². The van der Waals surface area contributed by atoms with Gasteiger partial charge in [0.2, 0.25) is 0 Å². The zero-order valence-electron chi connectivity index (χ0n) is 9.64. The van der Waals surface area contributed by atoms with Crippen LogP contribution in [0.5, 0.6) is 0 Å². The molecule has 90 valence electrons. The molecule has 2 aromatic rings. The average Bonchev–Trinajstić information content (AvgIpc) is 2.37. The number of nitrogens with two attached hydrogens (primary N) is 1. The number of carbonyl (C=O) groups is 1. The first-order valence-electron chi connectivity index (χ1n) is 5.50. The van der Waals surface area contributed by atoms with E-state index in [1.54, 1.807) is 12.1 Å². The van der Waals surface area contributed by atoms with Crippen molar-refractivity contribution in [3.8, 4) is 0 Å². The molecule has 0 spiro atoms. The minimum absolute atomic E-state index is 0.353. The summed E-state index contributed by atoms with van der Waals surface area (Å²) in [4.78, 5) is 11.4. The van der Waals surface area contributed by atoms with Gasteiger partial charge in [0.05, 0.1) is 10.6 Å². The summed E-state index contributed by atoms with van der Waals surface area (Å²) in [6.45, 7) is 0. The fourth-order valence-electron chi connectivity index (χ4n) is 1.69. The molecule has 0 saturated carbocycles. The third-order valence-electron chi connectivity index (χ3n) is 2.55. The van der Waals surface area contributed by atoms with E-state index in [2.05, 4.69) is 0 Å². The molecular weight excluding hydrogens is 246 g/mol. The molecule has 0 aliphatic heterocycles. The van der Waals surface area contributed by atoms with Crippen LogP contribution in [0.15, 0.2) is 48.5 Å². The van der Waals surface area contributed by atoms with Crippen LogP contribution in [0, 0.1) is 0 Å². The van der Waals surface area contributed by atoms with Gasteiger partial charge in [-0.25, -0.2) is 0 Å². The SMILES string of the molecule is NC(=O)c1c(Cl)cccc1C=Cc1ccccc1. The van der Waals surface area contributed by atoms with Crippen molar-refractivity contribution in [2.24, 2.45) is 5.73 Å². The number of hydrogen-bond acceptors (Lipinski definition) is 1. The molecule has 2 aromatic carbocycles. The van der Waals surface area contributed by atoms with Crippen LogP contribution in [0.25, 0.3) is 12.2 Å². The second-order valence-corrected chi connectivity index (χ2v) is 4.22. The van der Waals surface area contributed by atoms with Crippen LogP contribution < -0.4 is 5.73 Å². The number of carbonyl (C=O) groups excluding carboxylic acids is 1. The maximum absolute atomic E-state index is 11.4. The molecule has 18 heavy (non-hydrogen) atoms. The predicted molar refractivity (Wildman–Crippen MR) is 75.3 cm³/mol. The van der Waals surface area contributed by atoms with Gasteiger partial charge in [0.25, 0.3) is 5.91 Å². The standard InChI is InChI=1S/C15H12ClNO/c16-13-8-4-7-12(14(13)15(17)18)10-9-11-5-2-1-3-6-11/h1-10H,(H2,17,18). The molecule has 3 heteroatoms. The zero-order chi connectivity index (χ0) is 13.0. The quantitative estimate of drug-likeness (QED) is 0.839. The Hall–Kier alpha value is -2.06. The number of hydrogen-bond donors (Lipinski definition) is 1. The Morgan fingerprint density at radius 2 is 1.72 bits per heavy atom. The lowest BCUT2D eigenvalue weighted by atomic mass is 10.1. The number of amides is 1. The molecule has 0 aromatic heterocycles. The van der Waals surface area contributed by atoms with E-state index in [9.17, 15) is 4.79 Å². The van der Waals surface area contributed by atoms with Crippen LogP contribution in [0.3, 0.4) is 0 Å². The van der Waals surface area contributed by atoms with Crippen molar-refractivity contribution in [2.75, 3.05) is 0 Å². The predicted octanol–water partition coefficient (Wildman–Crippen LogP) is 3.61. The van der Waals surface area contributed by atoms with Crippen molar-refractivity contribution in [2.45, 2.75) is 0 Å². The van der Waals surface area contributed by atoms with Gasteiger partial charge >= 0.3 is 0 Å². The number of benzene rings is 2. The van der Waals surface area contributed by atoms with Crippen molar-refractivity contribution in [1.82, 2.24) is 0 Å². The van der Waals surface area contributed by atoms with Crippen LogP contribution in [0.2, 0.25) is 5.02 Å². The summed E-state index contributed by atoms with van der Waals surface area (Å²) < 4.78 is 0. The van der Waals surface area contributed by atoms with Crippen molar-refractivity contribution >= 4 is 29.7 Å². The third-order valence-corrected chi connectivity index (χ3v) is 2.86. The van der Waals surface area contributed by atoms with Gasteiger partial charge in [0.1, 0.15) is 0 Å². The Bertz CT molecular complexity index is 591. The summed E-state index contributed by atoms with van der Waals surface area (Å²) >= 11 is 5.97. The lowest BCUT2D eigenvalue weighted by Gasteiger charge is -2.04. The van der Waals surface area contributed by atoms with E-state index in [0.29, 0.717) is 10.6 Å². The van der Waals surface area contributed by atoms with E-state index in [0.717, 1.165) is 11.1 Å². The van der Waals surface area contributed by atoms with E-state index in [1.807, 2.05) is 48.6 Å². The second-order valence-electron chi connectivity index (χ2n) is 3.81. The molecule has 0 aliphatic carbocycles. The fourth-order valence-corrected chi connectivity index (χ4v) is 1.96. The van der Waals surface area contributed by atoms with Gasteiger partial charge in [-0.2, -0.15) is 0 Å². The zero-order valence-corrected chi connectivity index (χ0v) is 10.4. The molecule has 0 heterocycles. The summed E-state index contributed by atoms with van der Waals surface area (Å²) in [6.07, 6.45) is 3.75. The lowest BCUT2D eigenvalue weighted by Crippen LogP contribution is -2.13. The number of primary amides is 1. The summed E-state index contributed by atoms with van der Waals surface area (Å²) in [6, 6.07) is 15.1. The molecule has 0 saturated heterocycles. The fraction of sp³-hybridized carbons (Fsp3) is 0. The molecule has 1 amide bonds. The highest BCUT2D eigenvalue weighted by Crippen LogP contribution is 2.21. The van der Waals surface area contributed by atoms with Gasteiger partial charge in [-0.1, -0.05) is 66.2 Å². The molecule has 2 N–H and O–H groups in total. The smallest absolute Gasteiger partial charge is 0.250 e. The van der Waals surface area contributed by atoms with Gasteiger partial charge < -0.3 is 5.73 Å². The van der Waals surface area contributed by atoms with Crippen LogP contribution in [-0.2, 0) is 0 Å². The molecule has 0 atom stereocenters. The van der Waals surface area contributed by atoms with Crippen LogP contribution in [0.4, 0.5) is 0 Å². The highest BCUT2D eigenvalue weighted by atomic mass is 35.5. The topological polar surface area (TPSA) is 43.1 Å². The Labute approximate surface area is 111 Å². The first kappa shape index (κ1) is 12.4. The lowest BCUT2D eigenvalue weighted by molar-refractivity contribution is 0.100. The van der Waals surface area contributed by atoms with Crippen LogP contribution in [-0.4, -0.2) is 5.91 Å². The van der Waals surface area contributed by atoms with E-state index >= 15 is 0 Å². The van der Waals surface area contributed by atoms with Gasteiger partial charge in [-0.15, -0.1) is 0 Å². The molecule has 2 rings (SSSR count). The monoisotopic (exact) mass is 257 g/mol. The Morgan fingerprint density at radius 3 is 2.39 bits per heavy atom. The number of halogens is 1. The maximum atomic E-state index is 11.4. The molecule has 0 radical (unpaired) electrons. The summed E-state index contributed by atoms with van der Waals surface area (Å²) in [7, 11) is 0. The van der Waals surface area contributed by atoms with Crippen molar-refractivity contribution in [3.05, 3.63) is 70.2 Å². The third kappa shape index (κ3) is 2.79. The van der Waals surface area contributed by atoms with Crippen LogP contribution in [0.1, 0.15) is 21.5 Å². The normalized spacial score (nSPS) is 10.7. The Morgan fingerprint density at radius 1 is 1.00 bits per heavy atom. The Balaban J connectivity index is 2.38. The molecule has 2 nitrogen and oxygen atoms in total. The van der Waals surface area contributed by atoms with E-state index in [4.69, 9.17) is 17.3 Å². The van der Waals surface area contributed by atoms with E-state index in [1.165, 1.54) is 0 Å². The minimum Gasteiger partial charge on any atom is -0.366 e. The van der Waals surface area contributed by atoms with Crippen molar-refractivity contribution < 1.29 is 4.79 Å². The average molecular weight is 258 g/mol. The minimum atomic E-state index is -0.520. The summed E-state index contributed by atoms with van der Waals surface area (Å²) in [5, 5.41) is 0.373. The van der Waals surface area contributed by atoms with Gasteiger partial charge in [0, 0.05) is 0 Å². The van der Waals surface area contributed by atoms with E-state index in [-0.39, 0.29) is 0 Å². The number of rotatable bonds is 3. The summed E-state index contributed by atoms with van der Waals surface area (Å²) in [5.74, 6) is -0.520.